The van der Waals surface area contributed by atoms with Gasteiger partial charge in [-0.05, 0) is 11.6 Å². The maximum Gasteiger partial charge on any atom is 0.321 e. The van der Waals surface area contributed by atoms with Gasteiger partial charge in [-0.15, -0.1) is 0 Å². The molecule has 0 aliphatic rings. The fraction of sp³-hybridized carbons (Fsp3) is 0.182. The van der Waals surface area contributed by atoms with Gasteiger partial charge >= 0.3 is 6.01 Å². The SMILES string of the molecule is COc1nc(N)nc(SCc2ccccc2Cl)n1. The van der Waals surface area contributed by atoms with Gasteiger partial charge in [0, 0.05) is 10.8 Å². The molecule has 0 saturated carbocycles. The Balaban J connectivity index is 2.11. The molecule has 0 fully saturated rings. The molecule has 1 heterocycles. The van der Waals surface area contributed by atoms with Crippen LogP contribution in [-0.2, 0) is 5.75 Å². The van der Waals surface area contributed by atoms with Gasteiger partial charge in [0.25, 0.3) is 0 Å². The van der Waals surface area contributed by atoms with Crippen molar-refractivity contribution in [3.63, 3.8) is 0 Å². The third kappa shape index (κ3) is 3.24. The van der Waals surface area contributed by atoms with Crippen LogP contribution in [0, 0.1) is 0 Å². The molecule has 2 aromatic rings. The van der Waals surface area contributed by atoms with Gasteiger partial charge in [-0.2, -0.15) is 15.0 Å². The molecule has 1 aromatic carbocycles. The summed E-state index contributed by atoms with van der Waals surface area (Å²) >= 11 is 7.49. The first-order valence-electron chi connectivity index (χ1n) is 5.11. The van der Waals surface area contributed by atoms with Crippen molar-refractivity contribution in [2.24, 2.45) is 0 Å². The minimum atomic E-state index is 0.142. The van der Waals surface area contributed by atoms with Crippen molar-refractivity contribution < 1.29 is 4.74 Å². The van der Waals surface area contributed by atoms with Crippen molar-refractivity contribution in [3.05, 3.63) is 34.9 Å². The van der Waals surface area contributed by atoms with Crippen LogP contribution in [0.15, 0.2) is 29.4 Å². The van der Waals surface area contributed by atoms with Crippen LogP contribution in [0.4, 0.5) is 5.95 Å². The first-order chi connectivity index (χ1) is 8.69. The number of thioether (sulfide) groups is 1. The van der Waals surface area contributed by atoms with Crippen LogP contribution in [0.5, 0.6) is 6.01 Å². The number of hydrogen-bond donors (Lipinski definition) is 1. The van der Waals surface area contributed by atoms with Gasteiger partial charge in [0.05, 0.1) is 7.11 Å². The molecule has 1 aromatic heterocycles. The molecule has 0 saturated heterocycles. The first kappa shape index (κ1) is 12.9. The number of aromatic nitrogens is 3. The minimum absolute atomic E-state index is 0.142. The molecule has 7 heteroatoms. The molecular formula is C11H11ClN4OS. The molecule has 2 rings (SSSR count). The average molecular weight is 283 g/mol. The summed E-state index contributed by atoms with van der Waals surface area (Å²) in [6.07, 6.45) is 0. The molecule has 0 radical (unpaired) electrons. The molecule has 18 heavy (non-hydrogen) atoms. The van der Waals surface area contributed by atoms with Crippen LogP contribution in [0.2, 0.25) is 5.02 Å². The molecule has 0 bridgehead atoms. The zero-order valence-corrected chi connectivity index (χ0v) is 11.2. The predicted octanol–water partition coefficient (Wildman–Crippen LogP) is 2.41. The highest BCUT2D eigenvalue weighted by atomic mass is 35.5. The van der Waals surface area contributed by atoms with Crippen molar-refractivity contribution in [2.75, 3.05) is 12.8 Å². The Morgan fingerprint density at radius 2 is 2.06 bits per heavy atom. The van der Waals surface area contributed by atoms with Crippen LogP contribution < -0.4 is 10.5 Å². The molecule has 0 spiro atoms. The first-order valence-corrected chi connectivity index (χ1v) is 6.47. The van der Waals surface area contributed by atoms with Crippen LogP contribution >= 0.6 is 23.4 Å². The van der Waals surface area contributed by atoms with Gasteiger partial charge in [0.2, 0.25) is 5.95 Å². The second-order valence-electron chi connectivity index (χ2n) is 3.34. The summed E-state index contributed by atoms with van der Waals surface area (Å²) in [5.41, 5.74) is 6.57. The second kappa shape index (κ2) is 5.88. The normalized spacial score (nSPS) is 10.3. The fourth-order valence-electron chi connectivity index (χ4n) is 1.27. The summed E-state index contributed by atoms with van der Waals surface area (Å²) in [5.74, 6) is 0.801. The van der Waals surface area contributed by atoms with Crippen LogP contribution in [0.3, 0.4) is 0 Å². The van der Waals surface area contributed by atoms with Crippen molar-refractivity contribution in [1.82, 2.24) is 15.0 Å². The average Bonchev–Trinajstić information content (AvgIpc) is 2.37. The van der Waals surface area contributed by atoms with E-state index in [1.807, 2.05) is 24.3 Å². The van der Waals surface area contributed by atoms with E-state index >= 15 is 0 Å². The number of methoxy groups -OCH3 is 1. The molecule has 2 N–H and O–H groups in total. The third-order valence-electron chi connectivity index (χ3n) is 2.11. The monoisotopic (exact) mass is 282 g/mol. The zero-order valence-electron chi connectivity index (χ0n) is 9.63. The Hall–Kier alpha value is -1.53. The number of halogens is 1. The predicted molar refractivity (Wildman–Crippen MR) is 71.8 cm³/mol. The van der Waals surface area contributed by atoms with Crippen LogP contribution in [0.25, 0.3) is 0 Å². The van der Waals surface area contributed by atoms with Crippen molar-refractivity contribution in [1.29, 1.82) is 0 Å². The van der Waals surface area contributed by atoms with E-state index < -0.39 is 0 Å². The van der Waals surface area contributed by atoms with Gasteiger partial charge < -0.3 is 10.5 Å². The molecular weight excluding hydrogens is 272 g/mol. The van der Waals surface area contributed by atoms with E-state index in [0.717, 1.165) is 10.6 Å². The van der Waals surface area contributed by atoms with E-state index in [0.29, 0.717) is 10.9 Å². The second-order valence-corrected chi connectivity index (χ2v) is 4.69. The number of nitrogens with two attached hydrogens (primary N) is 1. The summed E-state index contributed by atoms with van der Waals surface area (Å²) in [4.78, 5) is 11.9. The lowest BCUT2D eigenvalue weighted by Crippen LogP contribution is -2.02. The van der Waals surface area contributed by atoms with Crippen molar-refractivity contribution in [2.45, 2.75) is 10.9 Å². The molecule has 94 valence electrons. The van der Waals surface area contributed by atoms with Gasteiger partial charge in [0.15, 0.2) is 5.16 Å². The Morgan fingerprint density at radius 3 is 2.78 bits per heavy atom. The zero-order chi connectivity index (χ0) is 13.0. The Labute approximate surface area is 114 Å². The molecule has 0 amide bonds. The quantitative estimate of drug-likeness (QED) is 0.868. The number of hydrogen-bond acceptors (Lipinski definition) is 6. The van der Waals surface area contributed by atoms with Gasteiger partial charge in [-0.3, -0.25) is 0 Å². The van der Waals surface area contributed by atoms with Crippen molar-refractivity contribution >= 4 is 29.3 Å². The molecule has 0 aliphatic heterocycles. The van der Waals surface area contributed by atoms with E-state index in [9.17, 15) is 0 Å². The Kier molecular flexibility index (Phi) is 4.22. The molecule has 0 atom stereocenters. The Bertz CT molecular complexity index is 552. The maximum atomic E-state index is 6.06. The van der Waals surface area contributed by atoms with Gasteiger partial charge in [-0.25, -0.2) is 0 Å². The van der Waals surface area contributed by atoms with E-state index in [4.69, 9.17) is 22.1 Å². The lowest BCUT2D eigenvalue weighted by Gasteiger charge is -2.04. The fourth-order valence-corrected chi connectivity index (χ4v) is 2.39. The number of anilines is 1. The van der Waals surface area contributed by atoms with E-state index in [-0.39, 0.29) is 12.0 Å². The Morgan fingerprint density at radius 1 is 1.28 bits per heavy atom. The molecule has 0 aliphatic carbocycles. The number of nitrogens with zero attached hydrogens (tertiary/aromatic N) is 3. The highest BCUT2D eigenvalue weighted by Gasteiger charge is 2.06. The van der Waals surface area contributed by atoms with Gasteiger partial charge in [-0.1, -0.05) is 41.6 Å². The number of benzene rings is 1. The van der Waals surface area contributed by atoms with E-state index in [1.54, 1.807) is 0 Å². The molecule has 5 nitrogen and oxygen atoms in total. The highest BCUT2D eigenvalue weighted by Crippen LogP contribution is 2.25. The number of rotatable bonds is 4. The summed E-state index contributed by atoms with van der Waals surface area (Å²) < 4.78 is 4.93. The molecule has 0 unspecified atom stereocenters. The van der Waals surface area contributed by atoms with Crippen LogP contribution in [-0.4, -0.2) is 22.1 Å². The smallest absolute Gasteiger partial charge is 0.321 e. The lowest BCUT2D eigenvalue weighted by molar-refractivity contribution is 0.374. The summed E-state index contributed by atoms with van der Waals surface area (Å²) in [6.45, 7) is 0. The van der Waals surface area contributed by atoms with Crippen LogP contribution in [0.1, 0.15) is 5.56 Å². The number of ether oxygens (including phenoxy) is 1. The third-order valence-corrected chi connectivity index (χ3v) is 3.37. The summed E-state index contributed by atoms with van der Waals surface area (Å²) in [6, 6.07) is 7.84. The minimum Gasteiger partial charge on any atom is -0.467 e. The summed E-state index contributed by atoms with van der Waals surface area (Å²) in [7, 11) is 1.48. The summed E-state index contributed by atoms with van der Waals surface area (Å²) in [5, 5.41) is 1.23. The van der Waals surface area contributed by atoms with E-state index in [2.05, 4.69) is 15.0 Å². The maximum absolute atomic E-state index is 6.06. The largest absolute Gasteiger partial charge is 0.467 e. The topological polar surface area (TPSA) is 73.9 Å². The van der Waals surface area contributed by atoms with Crippen molar-refractivity contribution in [3.8, 4) is 6.01 Å². The standard InChI is InChI=1S/C11H11ClN4OS/c1-17-10-14-9(13)15-11(16-10)18-6-7-4-2-3-5-8(7)12/h2-5H,6H2,1H3,(H2,13,14,15,16). The number of nitrogen functional groups attached to an aromatic ring is 1. The lowest BCUT2D eigenvalue weighted by atomic mass is 10.2. The highest BCUT2D eigenvalue weighted by molar-refractivity contribution is 7.98. The van der Waals surface area contributed by atoms with Gasteiger partial charge in [0.1, 0.15) is 0 Å². The van der Waals surface area contributed by atoms with E-state index in [1.165, 1.54) is 18.9 Å².